The van der Waals surface area contributed by atoms with Gasteiger partial charge in [0.15, 0.2) is 5.82 Å². The quantitative estimate of drug-likeness (QED) is 0.876. The van der Waals surface area contributed by atoms with Gasteiger partial charge in [0, 0.05) is 6.42 Å². The van der Waals surface area contributed by atoms with Crippen LogP contribution in [0.4, 0.5) is 0 Å². The predicted octanol–water partition coefficient (Wildman–Crippen LogP) is 1.08. The Morgan fingerprint density at radius 1 is 1.38 bits per heavy atom. The Bertz CT molecular complexity index is 914. The van der Waals surface area contributed by atoms with Gasteiger partial charge in [0.25, 0.3) is 5.56 Å². The van der Waals surface area contributed by atoms with Crippen molar-refractivity contribution in [3.8, 4) is 0 Å². The van der Waals surface area contributed by atoms with Crippen LogP contribution in [0.1, 0.15) is 38.1 Å². The summed E-state index contributed by atoms with van der Waals surface area (Å²) < 4.78 is 1.38. The number of aromatic nitrogens is 2. The zero-order valence-corrected chi connectivity index (χ0v) is 13.3. The highest BCUT2D eigenvalue weighted by Crippen LogP contribution is 2.25. The highest BCUT2D eigenvalue weighted by atomic mass is 16.2. The molecule has 0 saturated heterocycles. The summed E-state index contributed by atoms with van der Waals surface area (Å²) >= 11 is 0. The summed E-state index contributed by atoms with van der Waals surface area (Å²) in [5, 5.41) is 3.23. The van der Waals surface area contributed by atoms with E-state index in [9.17, 15) is 14.4 Å². The van der Waals surface area contributed by atoms with Gasteiger partial charge < -0.3 is 11.1 Å². The number of fused-ring (bicyclic) bond motifs is 2. The number of nitrogens with two attached hydrogens (primary N) is 1. The Morgan fingerprint density at radius 2 is 2.12 bits per heavy atom. The van der Waals surface area contributed by atoms with Crippen molar-refractivity contribution in [2.45, 2.75) is 32.2 Å². The van der Waals surface area contributed by atoms with E-state index in [2.05, 4.69) is 10.3 Å². The van der Waals surface area contributed by atoms with Crippen molar-refractivity contribution in [1.29, 1.82) is 0 Å². The molecule has 1 atom stereocenters. The van der Waals surface area contributed by atoms with E-state index in [1.807, 2.05) is 13.0 Å². The molecule has 0 bridgehead atoms. The molecule has 3 N–H and O–H groups in total. The number of nitrogens with one attached hydrogen (secondary N) is 1. The number of rotatable bonds is 4. The average Bonchev–Trinajstić information content (AvgIpc) is 2.55. The van der Waals surface area contributed by atoms with E-state index in [-0.39, 0.29) is 24.3 Å². The van der Waals surface area contributed by atoms with Gasteiger partial charge in [-0.15, -0.1) is 0 Å². The number of para-hydroxylation sites is 1. The van der Waals surface area contributed by atoms with Crippen LogP contribution in [0.2, 0.25) is 0 Å². The van der Waals surface area contributed by atoms with Gasteiger partial charge in [0.2, 0.25) is 11.8 Å². The maximum absolute atomic E-state index is 12.9. The monoisotopic (exact) mass is 326 g/mol. The fraction of sp³-hybridized carbons (Fsp3) is 0.294. The first-order valence-electron chi connectivity index (χ1n) is 7.84. The molecule has 24 heavy (non-hydrogen) atoms. The number of nitrogens with zero attached hydrogens (tertiary/aromatic N) is 2. The Labute approximate surface area is 138 Å². The SMILES string of the molecule is CCC=C1NC(=O)[C@H](CCC(N)=O)n2c1nc1ccccc1c2=O. The molecule has 0 radical (unpaired) electrons. The first-order valence-corrected chi connectivity index (χ1v) is 7.84. The standard InChI is InChI=1S/C17H18N4O3/c1-2-5-12-15-19-11-7-4-3-6-10(11)17(24)21(15)13(16(23)20-12)8-9-14(18)22/h3-7,13H,2,8-9H2,1H3,(H2,18,22)(H,20,23)/t13-/m0/s1. The summed E-state index contributed by atoms with van der Waals surface area (Å²) in [5.74, 6) is -0.432. The molecular formula is C17H18N4O3. The third kappa shape index (κ3) is 2.68. The number of hydrogen-bond acceptors (Lipinski definition) is 4. The lowest BCUT2D eigenvalue weighted by atomic mass is 10.1. The molecule has 0 aliphatic carbocycles. The maximum Gasteiger partial charge on any atom is 0.262 e. The molecule has 1 aromatic carbocycles. The fourth-order valence-corrected chi connectivity index (χ4v) is 2.90. The molecule has 2 amide bonds. The molecule has 1 aliphatic heterocycles. The van der Waals surface area contributed by atoms with Crippen LogP contribution in [-0.2, 0) is 9.59 Å². The highest BCUT2D eigenvalue weighted by molar-refractivity contribution is 5.93. The van der Waals surface area contributed by atoms with E-state index in [1.54, 1.807) is 24.3 Å². The van der Waals surface area contributed by atoms with Crippen molar-refractivity contribution in [2.75, 3.05) is 0 Å². The number of carbonyl (C=O) groups excluding carboxylic acids is 2. The van der Waals surface area contributed by atoms with Gasteiger partial charge in [0.05, 0.1) is 16.6 Å². The Morgan fingerprint density at radius 3 is 2.83 bits per heavy atom. The number of benzene rings is 1. The maximum atomic E-state index is 12.9. The molecule has 2 heterocycles. The zero-order valence-electron chi connectivity index (χ0n) is 13.3. The van der Waals surface area contributed by atoms with Crippen LogP contribution in [0.15, 0.2) is 35.1 Å². The van der Waals surface area contributed by atoms with Crippen LogP contribution in [-0.4, -0.2) is 21.4 Å². The summed E-state index contributed by atoms with van der Waals surface area (Å²) in [6, 6.07) is 6.20. The molecule has 3 rings (SSSR count). The van der Waals surface area contributed by atoms with Crippen LogP contribution < -0.4 is 16.6 Å². The molecule has 1 aromatic heterocycles. The first-order chi connectivity index (χ1) is 11.5. The van der Waals surface area contributed by atoms with E-state index in [0.29, 0.717) is 28.8 Å². The van der Waals surface area contributed by atoms with Crippen molar-refractivity contribution in [3.63, 3.8) is 0 Å². The second kappa shape index (κ2) is 6.27. The zero-order chi connectivity index (χ0) is 17.3. The Balaban J connectivity index is 2.25. The molecule has 1 aliphatic rings. The molecular weight excluding hydrogens is 308 g/mol. The minimum Gasteiger partial charge on any atom is -0.370 e. The van der Waals surface area contributed by atoms with Crippen molar-refractivity contribution in [1.82, 2.24) is 14.9 Å². The fourth-order valence-electron chi connectivity index (χ4n) is 2.90. The summed E-state index contributed by atoms with van der Waals surface area (Å²) in [6.45, 7) is 1.93. The van der Waals surface area contributed by atoms with Gasteiger partial charge in [0.1, 0.15) is 6.04 Å². The van der Waals surface area contributed by atoms with Crippen molar-refractivity contribution in [2.24, 2.45) is 5.73 Å². The first kappa shape index (κ1) is 15.9. The van der Waals surface area contributed by atoms with Crippen molar-refractivity contribution < 1.29 is 9.59 Å². The summed E-state index contributed by atoms with van der Waals surface area (Å²) in [6.07, 6.45) is 2.68. The topological polar surface area (TPSA) is 107 Å². The number of carbonyl (C=O) groups is 2. The van der Waals surface area contributed by atoms with Gasteiger partial charge in [-0.05, 0) is 25.0 Å². The van der Waals surface area contributed by atoms with Crippen LogP contribution in [0.3, 0.4) is 0 Å². The lowest BCUT2D eigenvalue weighted by Crippen LogP contribution is -2.44. The molecule has 0 unspecified atom stereocenters. The molecule has 124 valence electrons. The molecule has 7 nitrogen and oxygen atoms in total. The van der Waals surface area contributed by atoms with Crippen LogP contribution >= 0.6 is 0 Å². The van der Waals surface area contributed by atoms with E-state index in [4.69, 9.17) is 5.73 Å². The lowest BCUT2D eigenvalue weighted by Gasteiger charge is -2.28. The highest BCUT2D eigenvalue weighted by Gasteiger charge is 2.32. The second-order valence-electron chi connectivity index (χ2n) is 5.66. The average molecular weight is 326 g/mol. The van der Waals surface area contributed by atoms with Crippen LogP contribution in [0.5, 0.6) is 0 Å². The van der Waals surface area contributed by atoms with E-state index in [1.165, 1.54) is 4.57 Å². The van der Waals surface area contributed by atoms with Crippen molar-refractivity contribution >= 4 is 28.4 Å². The van der Waals surface area contributed by atoms with Crippen LogP contribution in [0.25, 0.3) is 16.6 Å². The number of primary amides is 1. The van der Waals surface area contributed by atoms with Gasteiger partial charge in [-0.2, -0.15) is 0 Å². The normalized spacial score (nSPS) is 18.5. The summed E-state index contributed by atoms with van der Waals surface area (Å²) in [7, 11) is 0. The largest absolute Gasteiger partial charge is 0.370 e. The number of hydrogen-bond donors (Lipinski definition) is 2. The van der Waals surface area contributed by atoms with E-state index >= 15 is 0 Å². The second-order valence-corrected chi connectivity index (χ2v) is 5.66. The number of allylic oxidation sites excluding steroid dienone is 1. The molecule has 0 spiro atoms. The summed E-state index contributed by atoms with van der Waals surface area (Å²) in [4.78, 5) is 41.0. The minimum atomic E-state index is -0.800. The molecule has 7 heteroatoms. The minimum absolute atomic E-state index is 0.0175. The van der Waals surface area contributed by atoms with E-state index in [0.717, 1.165) is 0 Å². The smallest absolute Gasteiger partial charge is 0.262 e. The van der Waals surface area contributed by atoms with Crippen LogP contribution in [0, 0.1) is 0 Å². The third-order valence-electron chi connectivity index (χ3n) is 3.99. The lowest BCUT2D eigenvalue weighted by molar-refractivity contribution is -0.124. The van der Waals surface area contributed by atoms with Gasteiger partial charge in [-0.1, -0.05) is 25.1 Å². The molecule has 0 fully saturated rings. The van der Waals surface area contributed by atoms with Gasteiger partial charge in [-0.3, -0.25) is 19.0 Å². The Hall–Kier alpha value is -2.96. The van der Waals surface area contributed by atoms with Crippen molar-refractivity contribution in [3.05, 3.63) is 46.5 Å². The number of amides is 2. The van der Waals surface area contributed by atoms with Gasteiger partial charge in [-0.25, -0.2) is 4.98 Å². The Kier molecular flexibility index (Phi) is 4.16. The molecule has 2 aromatic rings. The van der Waals surface area contributed by atoms with E-state index < -0.39 is 11.9 Å². The molecule has 0 saturated carbocycles. The van der Waals surface area contributed by atoms with Gasteiger partial charge >= 0.3 is 0 Å². The third-order valence-corrected chi connectivity index (χ3v) is 3.99. The summed E-state index contributed by atoms with van der Waals surface area (Å²) in [5.41, 5.74) is 5.99. The predicted molar refractivity (Wildman–Crippen MR) is 89.9 cm³/mol.